The van der Waals surface area contributed by atoms with E-state index in [4.69, 9.17) is 23.7 Å². The minimum Gasteiger partial charge on any atom is -0.368 e. The van der Waals surface area contributed by atoms with Crippen LogP contribution in [0.1, 0.15) is 29.2 Å². The van der Waals surface area contributed by atoms with Crippen LogP contribution < -0.4 is 0 Å². The van der Waals surface area contributed by atoms with E-state index in [-0.39, 0.29) is 6.10 Å². The maximum atomic E-state index is 7.03. The molecule has 8 rings (SSSR count). The summed E-state index contributed by atoms with van der Waals surface area (Å²) in [7, 11) is 0. The van der Waals surface area contributed by atoms with E-state index >= 15 is 0 Å². The number of benzene rings is 5. The molecule has 6 atom stereocenters. The van der Waals surface area contributed by atoms with Gasteiger partial charge in [-0.15, -0.1) is 0 Å². The van der Waals surface area contributed by atoms with Crippen LogP contribution in [-0.4, -0.2) is 35.6 Å². The lowest BCUT2D eigenvalue weighted by Gasteiger charge is -2.49. The standard InChI is InChI=1S/C39H35NO5/c1-4-14-27(15-5-1)24-41-36-35-34(26-43-39(45-35)29-18-8-3-9-19-29)44-38(37(36)42-25-28-16-6-2-7-17-28)40-32-22-12-10-20-30(32)31-21-11-13-23-33(31)40/h1-23,34-39H,24-26H2/t34-,35-,36+,37-,38?,39?/m1/s1. The zero-order valence-electron chi connectivity index (χ0n) is 24.9. The number of hydrogen-bond donors (Lipinski definition) is 0. The van der Waals surface area contributed by atoms with Crippen molar-refractivity contribution in [3.05, 3.63) is 156 Å². The number of ether oxygens (including phenoxy) is 5. The highest BCUT2D eigenvalue weighted by molar-refractivity contribution is 6.08. The summed E-state index contributed by atoms with van der Waals surface area (Å²) in [6, 6.07) is 47.5. The first-order valence-electron chi connectivity index (χ1n) is 15.6. The molecule has 3 heterocycles. The zero-order valence-corrected chi connectivity index (χ0v) is 24.9. The molecule has 1 aromatic heterocycles. The Morgan fingerprint density at radius 1 is 0.556 bits per heavy atom. The minimum absolute atomic E-state index is 0.368. The molecule has 0 radical (unpaired) electrons. The highest BCUT2D eigenvalue weighted by Gasteiger charge is 2.52. The summed E-state index contributed by atoms with van der Waals surface area (Å²) in [6.07, 6.45) is -2.76. The average Bonchev–Trinajstić information content (AvgIpc) is 3.45. The molecular formula is C39H35NO5. The van der Waals surface area contributed by atoms with Gasteiger partial charge in [0.25, 0.3) is 0 Å². The number of fused-ring (bicyclic) bond motifs is 4. The number of para-hydroxylation sites is 2. The lowest BCUT2D eigenvalue weighted by molar-refractivity contribution is -0.349. The van der Waals surface area contributed by atoms with E-state index in [1.807, 2.05) is 66.7 Å². The summed E-state index contributed by atoms with van der Waals surface area (Å²) in [4.78, 5) is 0. The van der Waals surface area contributed by atoms with Crippen molar-refractivity contribution in [1.29, 1.82) is 0 Å². The third kappa shape index (κ3) is 5.56. The first-order chi connectivity index (χ1) is 22.3. The van der Waals surface area contributed by atoms with E-state index in [1.54, 1.807) is 0 Å². The molecule has 6 heteroatoms. The zero-order chi connectivity index (χ0) is 30.0. The van der Waals surface area contributed by atoms with Crippen LogP contribution in [-0.2, 0) is 36.9 Å². The van der Waals surface area contributed by atoms with Gasteiger partial charge in [-0.2, -0.15) is 0 Å². The Hall–Kier alpha value is -4.30. The topological polar surface area (TPSA) is 51.1 Å². The molecule has 0 saturated carbocycles. The Balaban J connectivity index is 1.23. The summed E-state index contributed by atoms with van der Waals surface area (Å²) < 4.78 is 36.1. The molecule has 45 heavy (non-hydrogen) atoms. The van der Waals surface area contributed by atoms with Crippen molar-refractivity contribution in [2.45, 2.75) is 50.1 Å². The van der Waals surface area contributed by atoms with Crippen LogP contribution in [0.2, 0.25) is 0 Å². The van der Waals surface area contributed by atoms with Crippen molar-refractivity contribution >= 4 is 21.8 Å². The van der Waals surface area contributed by atoms with Crippen LogP contribution >= 0.6 is 0 Å². The molecule has 2 aliphatic rings. The second-order valence-electron chi connectivity index (χ2n) is 11.7. The van der Waals surface area contributed by atoms with Crippen LogP contribution in [0.5, 0.6) is 0 Å². The molecule has 226 valence electrons. The van der Waals surface area contributed by atoms with Gasteiger partial charge in [0.15, 0.2) is 12.5 Å². The van der Waals surface area contributed by atoms with Crippen molar-refractivity contribution < 1.29 is 23.7 Å². The van der Waals surface area contributed by atoms with Gasteiger partial charge in [0.05, 0.1) is 30.9 Å². The van der Waals surface area contributed by atoms with Crippen LogP contribution in [0, 0.1) is 0 Å². The van der Waals surface area contributed by atoms with Gasteiger partial charge in [-0.25, -0.2) is 0 Å². The van der Waals surface area contributed by atoms with E-state index in [2.05, 4.69) is 77.4 Å². The molecular weight excluding hydrogens is 562 g/mol. The van der Waals surface area contributed by atoms with Crippen molar-refractivity contribution in [2.24, 2.45) is 0 Å². The fourth-order valence-corrected chi connectivity index (χ4v) is 6.68. The maximum Gasteiger partial charge on any atom is 0.184 e. The van der Waals surface area contributed by atoms with Crippen LogP contribution in [0.3, 0.4) is 0 Å². The van der Waals surface area contributed by atoms with Crippen molar-refractivity contribution in [3.63, 3.8) is 0 Å². The number of aromatic nitrogens is 1. The predicted molar refractivity (Wildman–Crippen MR) is 173 cm³/mol. The van der Waals surface area contributed by atoms with E-state index in [9.17, 15) is 0 Å². The van der Waals surface area contributed by atoms with E-state index in [0.717, 1.165) is 27.7 Å². The fourth-order valence-electron chi connectivity index (χ4n) is 6.68. The lowest BCUT2D eigenvalue weighted by atomic mass is 9.95. The van der Waals surface area contributed by atoms with Crippen LogP contribution in [0.4, 0.5) is 0 Å². The largest absolute Gasteiger partial charge is 0.368 e. The van der Waals surface area contributed by atoms with Crippen LogP contribution in [0.15, 0.2) is 140 Å². The van der Waals surface area contributed by atoms with Gasteiger partial charge in [-0.3, -0.25) is 0 Å². The SMILES string of the molecule is c1ccc(CO[C@H]2[C@@H]3OC(c4ccccc4)OC[C@H]3OC(n3c4ccccc4c4ccccc43)[C@@H]2OCc2ccccc2)cc1. The first kappa shape index (κ1) is 28.2. The Labute approximate surface area is 262 Å². The molecule has 2 unspecified atom stereocenters. The molecule has 0 amide bonds. The molecule has 0 N–H and O–H groups in total. The fraction of sp³-hybridized carbons (Fsp3) is 0.231. The van der Waals surface area contributed by atoms with E-state index in [0.29, 0.717) is 19.8 Å². The molecule has 6 aromatic rings. The summed E-state index contributed by atoms with van der Waals surface area (Å²) in [5, 5.41) is 2.34. The molecule has 0 aliphatic carbocycles. The van der Waals surface area contributed by atoms with Crippen molar-refractivity contribution in [2.75, 3.05) is 6.61 Å². The van der Waals surface area contributed by atoms with Gasteiger partial charge in [0, 0.05) is 16.3 Å². The minimum atomic E-state index is -0.529. The number of hydrogen-bond acceptors (Lipinski definition) is 5. The van der Waals surface area contributed by atoms with Gasteiger partial charge in [0.1, 0.15) is 24.4 Å². The quantitative estimate of drug-likeness (QED) is 0.178. The second kappa shape index (κ2) is 12.6. The summed E-state index contributed by atoms with van der Waals surface area (Å²) in [6.45, 7) is 1.19. The number of rotatable bonds is 8. The Bertz CT molecular complexity index is 1810. The highest BCUT2D eigenvalue weighted by atomic mass is 16.7. The maximum absolute atomic E-state index is 7.03. The Kier molecular flexibility index (Phi) is 7.89. The molecule has 2 aliphatic heterocycles. The number of nitrogens with zero attached hydrogens (tertiary/aromatic N) is 1. The van der Waals surface area contributed by atoms with Crippen molar-refractivity contribution in [3.8, 4) is 0 Å². The van der Waals surface area contributed by atoms with Gasteiger partial charge in [-0.05, 0) is 23.3 Å². The van der Waals surface area contributed by atoms with Gasteiger partial charge < -0.3 is 28.3 Å². The monoisotopic (exact) mass is 597 g/mol. The summed E-state index contributed by atoms with van der Waals surface area (Å²) in [5.41, 5.74) is 5.29. The molecule has 0 spiro atoms. The van der Waals surface area contributed by atoms with Gasteiger partial charge in [0.2, 0.25) is 0 Å². The third-order valence-corrected chi connectivity index (χ3v) is 8.82. The average molecular weight is 598 g/mol. The van der Waals surface area contributed by atoms with E-state index < -0.39 is 30.8 Å². The Morgan fingerprint density at radius 3 is 1.67 bits per heavy atom. The molecule has 2 saturated heterocycles. The second-order valence-corrected chi connectivity index (χ2v) is 11.7. The summed E-state index contributed by atoms with van der Waals surface area (Å²) in [5.74, 6) is 0. The molecule has 0 bridgehead atoms. The predicted octanol–water partition coefficient (Wildman–Crippen LogP) is 7.98. The molecule has 6 nitrogen and oxygen atoms in total. The van der Waals surface area contributed by atoms with Gasteiger partial charge in [-0.1, -0.05) is 127 Å². The third-order valence-electron chi connectivity index (χ3n) is 8.82. The molecule has 2 fully saturated rings. The normalized spacial score (nSPS) is 24.9. The van der Waals surface area contributed by atoms with E-state index in [1.165, 1.54) is 10.8 Å². The summed E-state index contributed by atoms with van der Waals surface area (Å²) >= 11 is 0. The smallest absolute Gasteiger partial charge is 0.184 e. The van der Waals surface area contributed by atoms with Crippen LogP contribution in [0.25, 0.3) is 21.8 Å². The van der Waals surface area contributed by atoms with Crippen molar-refractivity contribution in [1.82, 2.24) is 4.57 Å². The highest BCUT2D eigenvalue weighted by Crippen LogP contribution is 2.43. The lowest BCUT2D eigenvalue weighted by Crippen LogP contribution is -2.61. The first-order valence-corrected chi connectivity index (χ1v) is 15.6. The molecule has 5 aromatic carbocycles. The Morgan fingerprint density at radius 2 is 1.07 bits per heavy atom. The van der Waals surface area contributed by atoms with Gasteiger partial charge >= 0.3 is 0 Å².